The Morgan fingerprint density at radius 3 is 2.46 bits per heavy atom. The van der Waals surface area contributed by atoms with Crippen LogP contribution in [0.2, 0.25) is 0 Å². The second-order valence-corrected chi connectivity index (χ2v) is 12.1. The van der Waals surface area contributed by atoms with E-state index in [0.717, 1.165) is 12.8 Å². The predicted molar refractivity (Wildman–Crippen MR) is 147 cm³/mol. The molecule has 8 atom stereocenters. The molecule has 0 amide bonds. The molecule has 4 rings (SSSR count). The number of Topliss-reactive ketones (excluding diaryl/α,β-unsaturated/α-hetero) is 1. The Morgan fingerprint density at radius 2 is 1.82 bits per heavy atom. The van der Waals surface area contributed by atoms with Crippen LogP contribution in [0.25, 0.3) is 0 Å². The van der Waals surface area contributed by atoms with Crippen LogP contribution in [0, 0.1) is 35.0 Å². The summed E-state index contributed by atoms with van der Waals surface area (Å²) in [7, 11) is 0. The Kier molecular flexibility index (Phi) is 7.99. The van der Waals surface area contributed by atoms with Gasteiger partial charge in [0.15, 0.2) is 11.4 Å². The zero-order valence-corrected chi connectivity index (χ0v) is 23.8. The molecule has 0 aromatic carbocycles. The number of ether oxygens (including phenoxy) is 2. The van der Waals surface area contributed by atoms with Crippen LogP contribution in [0.15, 0.2) is 59.8 Å². The number of aliphatic hydroxyl groups is 2. The van der Waals surface area contributed by atoms with Gasteiger partial charge in [-0.2, -0.15) is 0 Å². The molecule has 7 nitrogen and oxygen atoms in total. The van der Waals surface area contributed by atoms with E-state index >= 15 is 0 Å². The van der Waals surface area contributed by atoms with Gasteiger partial charge in [0.2, 0.25) is 0 Å². The third-order valence-electron chi connectivity index (χ3n) is 9.60. The molecule has 2 saturated carbocycles. The summed E-state index contributed by atoms with van der Waals surface area (Å²) in [5.41, 5.74) is -1.98. The van der Waals surface area contributed by atoms with E-state index in [2.05, 4.69) is 6.92 Å². The fourth-order valence-corrected chi connectivity index (χ4v) is 7.77. The summed E-state index contributed by atoms with van der Waals surface area (Å²) in [4.78, 5) is 38.6. The summed E-state index contributed by atoms with van der Waals surface area (Å²) in [6.45, 7) is 10.7. The van der Waals surface area contributed by atoms with Crippen molar-refractivity contribution in [3.63, 3.8) is 0 Å². The Balaban J connectivity index is 1.75. The quantitative estimate of drug-likeness (QED) is 0.204. The summed E-state index contributed by atoms with van der Waals surface area (Å²) in [5.74, 6) is -3.74. The van der Waals surface area contributed by atoms with Gasteiger partial charge < -0.3 is 19.7 Å². The Hall–Kier alpha value is -2.77. The average Bonchev–Trinajstić information content (AvgIpc) is 3.26. The number of esters is 2. The number of unbranched alkanes of at least 4 members (excludes halogenated alkanes) is 1. The number of hydrogen-bond acceptors (Lipinski definition) is 7. The SMILES string of the molecule is CCC/C=C/C=C/C=C\C(=O)O[C@@H]1[C@@H](C)[C@@]2(O)[C@@H](C=C(CO)C[C@H]3C(=O)C(C)=C[C@@H]32)[C@@H]2C(C)(C)[C@]12OC(C)=O. The van der Waals surface area contributed by atoms with Gasteiger partial charge in [0, 0.05) is 48.0 Å². The third-order valence-corrected chi connectivity index (χ3v) is 9.60. The van der Waals surface area contributed by atoms with Crippen LogP contribution in [-0.2, 0) is 23.9 Å². The normalized spacial score (nSPS) is 38.6. The van der Waals surface area contributed by atoms with E-state index in [0.29, 0.717) is 17.6 Å². The Bertz CT molecular complexity index is 1170. The van der Waals surface area contributed by atoms with Crippen LogP contribution in [0.3, 0.4) is 0 Å². The maximum Gasteiger partial charge on any atom is 0.331 e. The second kappa shape index (κ2) is 10.7. The molecule has 4 aliphatic rings. The molecule has 0 spiro atoms. The fraction of sp³-hybridized carbons (Fsp3) is 0.594. The summed E-state index contributed by atoms with van der Waals surface area (Å²) in [6.07, 6.45) is 15.6. The summed E-state index contributed by atoms with van der Waals surface area (Å²) >= 11 is 0. The molecule has 2 N–H and O–H groups in total. The Morgan fingerprint density at radius 1 is 1.13 bits per heavy atom. The summed E-state index contributed by atoms with van der Waals surface area (Å²) in [6, 6.07) is 0. The van der Waals surface area contributed by atoms with E-state index in [9.17, 15) is 24.6 Å². The van der Waals surface area contributed by atoms with Crippen LogP contribution in [0.4, 0.5) is 0 Å². The van der Waals surface area contributed by atoms with E-state index in [1.54, 1.807) is 19.1 Å². The zero-order chi connectivity index (χ0) is 28.8. The highest BCUT2D eigenvalue weighted by Gasteiger charge is 2.87. The third kappa shape index (κ3) is 4.57. The first-order valence-corrected chi connectivity index (χ1v) is 14.0. The largest absolute Gasteiger partial charge is 0.455 e. The molecule has 0 aromatic heterocycles. The first kappa shape index (κ1) is 29.2. The molecule has 4 aliphatic carbocycles. The highest BCUT2D eigenvalue weighted by atomic mass is 16.6. The molecular weight excluding hydrogens is 496 g/mol. The number of ketones is 1. The monoisotopic (exact) mass is 538 g/mol. The van der Waals surface area contributed by atoms with Crippen LogP contribution >= 0.6 is 0 Å². The topological polar surface area (TPSA) is 110 Å². The van der Waals surface area contributed by atoms with Gasteiger partial charge in [0.05, 0.1) is 12.2 Å². The summed E-state index contributed by atoms with van der Waals surface area (Å²) in [5, 5.41) is 22.8. The molecule has 0 bridgehead atoms. The molecule has 212 valence electrons. The van der Waals surface area contributed by atoms with Crippen LogP contribution < -0.4 is 0 Å². The van der Waals surface area contributed by atoms with Crippen LogP contribution in [0.5, 0.6) is 0 Å². The molecular formula is C32H42O7. The smallest absolute Gasteiger partial charge is 0.331 e. The maximum atomic E-state index is 13.1. The van der Waals surface area contributed by atoms with Gasteiger partial charge in [-0.1, -0.05) is 76.6 Å². The van der Waals surface area contributed by atoms with Gasteiger partial charge in [0.25, 0.3) is 0 Å². The molecule has 2 fully saturated rings. The van der Waals surface area contributed by atoms with Gasteiger partial charge in [-0.05, 0) is 30.9 Å². The number of fused-ring (bicyclic) bond motifs is 5. The summed E-state index contributed by atoms with van der Waals surface area (Å²) < 4.78 is 12.1. The van der Waals surface area contributed by atoms with Crippen molar-refractivity contribution in [3.8, 4) is 0 Å². The van der Waals surface area contributed by atoms with Crippen molar-refractivity contribution in [1.29, 1.82) is 0 Å². The molecule has 0 saturated heterocycles. The maximum absolute atomic E-state index is 13.1. The van der Waals surface area contributed by atoms with Gasteiger partial charge in [0.1, 0.15) is 6.10 Å². The van der Waals surface area contributed by atoms with Crippen molar-refractivity contribution in [2.45, 2.75) is 78.1 Å². The first-order chi connectivity index (χ1) is 18.4. The minimum absolute atomic E-state index is 0.0382. The van der Waals surface area contributed by atoms with E-state index in [4.69, 9.17) is 9.47 Å². The van der Waals surface area contributed by atoms with E-state index < -0.39 is 58.3 Å². The van der Waals surface area contributed by atoms with Crippen molar-refractivity contribution >= 4 is 17.7 Å². The van der Waals surface area contributed by atoms with Gasteiger partial charge in [-0.25, -0.2) is 4.79 Å². The van der Waals surface area contributed by atoms with E-state index in [1.165, 1.54) is 13.0 Å². The molecule has 7 heteroatoms. The number of allylic oxidation sites excluding steroid dienone is 6. The number of hydrogen-bond donors (Lipinski definition) is 2. The highest BCUT2D eigenvalue weighted by molar-refractivity contribution is 6.00. The molecule has 0 unspecified atom stereocenters. The standard InChI is InChI=1S/C32H42O7/c1-7-8-9-10-11-12-13-14-26(35)38-29-20(3)31(37)24-15-19(2)27(36)23(24)16-22(18-33)17-25(31)28-30(5,6)32(28,29)39-21(4)34/h9-15,17,20,23-25,28-29,33,37H,7-8,16,18H2,1-6H3/b10-9+,12-11+,14-13-/t20-,23-,24+,25+,28-,29-,31+,32-/m1/s1. The van der Waals surface area contributed by atoms with Crippen LogP contribution in [-0.4, -0.2) is 51.8 Å². The first-order valence-electron chi connectivity index (χ1n) is 14.0. The van der Waals surface area contributed by atoms with E-state index in [1.807, 2.05) is 51.2 Å². The van der Waals surface area contributed by atoms with Crippen molar-refractivity contribution in [1.82, 2.24) is 0 Å². The average molecular weight is 539 g/mol. The van der Waals surface area contributed by atoms with Gasteiger partial charge in [-0.3, -0.25) is 9.59 Å². The second-order valence-electron chi connectivity index (χ2n) is 12.1. The molecule has 39 heavy (non-hydrogen) atoms. The van der Waals surface area contributed by atoms with Crippen molar-refractivity contribution in [2.24, 2.45) is 35.0 Å². The van der Waals surface area contributed by atoms with Crippen molar-refractivity contribution in [3.05, 3.63) is 59.8 Å². The molecule has 0 aromatic rings. The molecule has 0 radical (unpaired) electrons. The number of aliphatic hydroxyl groups excluding tert-OH is 1. The lowest BCUT2D eigenvalue weighted by Gasteiger charge is -2.52. The minimum Gasteiger partial charge on any atom is -0.455 e. The lowest BCUT2D eigenvalue weighted by molar-refractivity contribution is -0.217. The lowest BCUT2D eigenvalue weighted by Crippen LogP contribution is -2.63. The van der Waals surface area contributed by atoms with E-state index in [-0.39, 0.29) is 18.3 Å². The predicted octanol–water partition coefficient (Wildman–Crippen LogP) is 4.41. The number of carbonyl (C=O) groups is 3. The minimum atomic E-state index is -1.46. The number of carbonyl (C=O) groups excluding carboxylic acids is 3. The Labute approximate surface area is 231 Å². The fourth-order valence-electron chi connectivity index (χ4n) is 7.77. The number of rotatable bonds is 8. The molecule has 0 aliphatic heterocycles. The molecule has 0 heterocycles. The van der Waals surface area contributed by atoms with Gasteiger partial charge >= 0.3 is 11.9 Å². The highest BCUT2D eigenvalue weighted by Crippen LogP contribution is 2.76. The van der Waals surface area contributed by atoms with Crippen molar-refractivity contribution in [2.75, 3.05) is 6.61 Å². The zero-order valence-electron chi connectivity index (χ0n) is 23.8. The van der Waals surface area contributed by atoms with Gasteiger partial charge in [-0.15, -0.1) is 0 Å². The van der Waals surface area contributed by atoms with Crippen LogP contribution in [0.1, 0.15) is 60.8 Å². The lowest BCUT2D eigenvalue weighted by atomic mass is 9.60. The van der Waals surface area contributed by atoms with Crippen molar-refractivity contribution < 1.29 is 34.1 Å².